The van der Waals surface area contributed by atoms with Crippen molar-refractivity contribution in [2.24, 2.45) is 0 Å². The number of nitrogens with zero attached hydrogens (tertiary/aromatic N) is 3. The summed E-state index contributed by atoms with van der Waals surface area (Å²) in [5.74, 6) is -0.231. The molecule has 0 rings (SSSR count). The van der Waals surface area contributed by atoms with Crippen molar-refractivity contribution < 1.29 is 46.8 Å². The van der Waals surface area contributed by atoms with Gasteiger partial charge in [0.2, 0.25) is 0 Å². The number of ketones is 3. The Morgan fingerprint density at radius 1 is 0.541 bits per heavy atom. The zero-order chi connectivity index (χ0) is 28.7. The molecule has 37 heavy (non-hydrogen) atoms. The van der Waals surface area contributed by atoms with E-state index in [1.54, 1.807) is 35.8 Å². The molecule has 0 saturated carbocycles. The molecule has 0 amide bonds. The third-order valence-corrected chi connectivity index (χ3v) is 4.71. The maximum Gasteiger partial charge on any atom is 0.190 e. The Hall–Kier alpha value is -2.45. The summed E-state index contributed by atoms with van der Waals surface area (Å²) in [5.41, 5.74) is 0. The van der Waals surface area contributed by atoms with Gasteiger partial charge in [-0.05, 0) is 40.0 Å². The predicted molar refractivity (Wildman–Crippen MR) is 147 cm³/mol. The van der Waals surface area contributed by atoms with Gasteiger partial charge in [-0.15, -0.1) is 0 Å². The van der Waals surface area contributed by atoms with Crippen LogP contribution in [0, 0.1) is 0 Å². The fraction of sp³-hybridized carbons (Fsp3) is 0.667. The van der Waals surface area contributed by atoms with E-state index in [2.05, 4.69) is 20.8 Å². The molecule has 9 nitrogen and oxygen atoms in total. The Kier molecular flexibility index (Phi) is 30.0. The summed E-state index contributed by atoms with van der Waals surface area (Å²) < 4.78 is 0. The molecule has 0 aliphatic rings. The topological polar surface area (TPSA) is 122 Å². The van der Waals surface area contributed by atoms with E-state index in [0.29, 0.717) is 0 Å². The van der Waals surface area contributed by atoms with Gasteiger partial charge >= 0.3 is 0 Å². The average Bonchev–Trinajstić information content (AvgIpc) is 2.78. The number of hydrogen-bond donors (Lipinski definition) is 3. The van der Waals surface area contributed by atoms with E-state index >= 15 is 0 Å². The predicted octanol–water partition coefficient (Wildman–Crippen LogP) is 5.12. The molecule has 0 spiro atoms. The molecule has 0 aromatic carbocycles. The van der Waals surface area contributed by atoms with Gasteiger partial charge in [0.05, 0.1) is 0 Å². The van der Waals surface area contributed by atoms with Gasteiger partial charge in [-0.3, -0.25) is 14.4 Å². The molecule has 0 aliphatic heterocycles. The largest absolute Gasteiger partial charge is 0.495 e. The number of carbonyl (C=O) groups excluding carboxylic acids is 3. The van der Waals surface area contributed by atoms with E-state index in [9.17, 15) is 29.7 Å². The van der Waals surface area contributed by atoms with Crippen molar-refractivity contribution in [1.82, 2.24) is 14.7 Å². The Morgan fingerprint density at radius 3 is 0.865 bits per heavy atom. The van der Waals surface area contributed by atoms with Crippen molar-refractivity contribution in [2.45, 2.75) is 80.1 Å². The molecule has 0 unspecified atom stereocenters. The van der Waals surface area contributed by atoms with Crippen LogP contribution >= 0.6 is 0 Å². The van der Waals surface area contributed by atoms with Crippen molar-refractivity contribution in [3.8, 4) is 0 Å². The fourth-order valence-corrected chi connectivity index (χ4v) is 2.41. The molecule has 10 heteroatoms. The minimum absolute atomic E-state index is 0. The summed E-state index contributed by atoms with van der Waals surface area (Å²) >= 11 is 0. The van der Waals surface area contributed by atoms with Crippen LogP contribution < -0.4 is 0 Å². The molecule has 0 bridgehead atoms. The molecule has 0 saturated heterocycles. The fourth-order valence-electron chi connectivity index (χ4n) is 2.41. The van der Waals surface area contributed by atoms with E-state index in [1.807, 2.05) is 0 Å². The molecule has 0 aromatic heterocycles. The van der Waals surface area contributed by atoms with E-state index in [-0.39, 0.29) is 52.1 Å². The Morgan fingerprint density at radius 2 is 0.730 bits per heavy atom. The number of unbranched alkanes of at least 4 members (excludes halogenated alkanes) is 3. The summed E-state index contributed by atoms with van der Waals surface area (Å²) in [5, 5.41) is 27.8. The molecule has 0 fully saturated rings. The van der Waals surface area contributed by atoms with Crippen LogP contribution in [0.15, 0.2) is 35.9 Å². The zero-order valence-corrected chi connectivity index (χ0v) is 25.5. The van der Waals surface area contributed by atoms with Crippen molar-refractivity contribution in [3.05, 3.63) is 35.9 Å². The minimum atomic E-state index is -0.129. The van der Waals surface area contributed by atoms with Gasteiger partial charge in [0.25, 0.3) is 0 Å². The number of aliphatic hydroxyl groups is 3. The van der Waals surface area contributed by atoms with Crippen LogP contribution in [-0.2, 0) is 31.5 Å². The van der Waals surface area contributed by atoms with E-state index < -0.39 is 0 Å². The third-order valence-electron chi connectivity index (χ3n) is 4.71. The van der Waals surface area contributed by atoms with Gasteiger partial charge in [0, 0.05) is 76.1 Å². The number of allylic oxidation sites excluding steroid dienone is 3. The van der Waals surface area contributed by atoms with Gasteiger partial charge in [-0.25, -0.2) is 0 Å². The summed E-state index contributed by atoms with van der Waals surface area (Å²) in [7, 11) is 5.30. The van der Waals surface area contributed by atoms with Gasteiger partial charge in [-0.1, -0.05) is 40.0 Å². The molecular formula is C27H51FeN3O6. The summed E-state index contributed by atoms with van der Waals surface area (Å²) in [6.07, 6.45) is 10.00. The van der Waals surface area contributed by atoms with Gasteiger partial charge in [-0.2, -0.15) is 0 Å². The molecule has 0 heterocycles. The summed E-state index contributed by atoms with van der Waals surface area (Å²) in [6, 6.07) is 0. The van der Waals surface area contributed by atoms with Gasteiger partial charge in [0.1, 0.15) is 0 Å². The Balaban J connectivity index is -0.000000218. The normalized spacial score (nSPS) is 11.1. The summed E-state index contributed by atoms with van der Waals surface area (Å²) in [4.78, 5) is 36.7. The number of carbonyl (C=O) groups is 3. The second kappa shape index (κ2) is 26.6. The second-order valence-corrected chi connectivity index (χ2v) is 8.66. The van der Waals surface area contributed by atoms with Crippen molar-refractivity contribution in [2.75, 3.05) is 40.8 Å². The average molecular weight is 570 g/mol. The van der Waals surface area contributed by atoms with Crippen molar-refractivity contribution >= 4 is 17.3 Å². The van der Waals surface area contributed by atoms with Gasteiger partial charge in [0.15, 0.2) is 35.0 Å². The van der Waals surface area contributed by atoms with Crippen LogP contribution in [0.2, 0.25) is 0 Å². The molecular weight excluding hydrogens is 518 g/mol. The van der Waals surface area contributed by atoms with Crippen LogP contribution in [0.1, 0.15) is 80.1 Å². The third kappa shape index (κ3) is 29.7. The maximum absolute atomic E-state index is 10.6. The zero-order valence-electron chi connectivity index (χ0n) is 24.4. The van der Waals surface area contributed by atoms with Crippen LogP contribution in [0.3, 0.4) is 0 Å². The SMILES string of the molecule is CCCCN(C)C(O)=CC(C)=O.CCCCN(C)C(O)=CC(C)=O.CCCCN(C)C(O)=CC(C)=O.[Fe]. The molecule has 3 N–H and O–H groups in total. The molecule has 0 radical (unpaired) electrons. The Labute approximate surface area is 235 Å². The first kappa shape index (κ1) is 41.7. The van der Waals surface area contributed by atoms with E-state index in [4.69, 9.17) is 0 Å². The van der Waals surface area contributed by atoms with Crippen LogP contribution in [0.4, 0.5) is 0 Å². The first-order valence-corrected chi connectivity index (χ1v) is 12.6. The van der Waals surface area contributed by atoms with Crippen molar-refractivity contribution in [1.29, 1.82) is 0 Å². The van der Waals surface area contributed by atoms with E-state index in [1.165, 1.54) is 39.0 Å². The van der Waals surface area contributed by atoms with Crippen molar-refractivity contribution in [3.63, 3.8) is 0 Å². The molecule has 0 aliphatic carbocycles. The second-order valence-electron chi connectivity index (χ2n) is 8.66. The first-order valence-electron chi connectivity index (χ1n) is 12.6. The van der Waals surface area contributed by atoms with E-state index in [0.717, 1.165) is 58.2 Å². The number of rotatable bonds is 15. The first-order chi connectivity index (χ1) is 16.7. The molecule has 0 aromatic rings. The number of hydrogen-bond acceptors (Lipinski definition) is 9. The number of aliphatic hydroxyl groups excluding tert-OH is 3. The van der Waals surface area contributed by atoms with Crippen LogP contribution in [-0.4, -0.2) is 88.1 Å². The van der Waals surface area contributed by atoms with Gasteiger partial charge < -0.3 is 30.0 Å². The van der Waals surface area contributed by atoms with Crippen LogP contribution in [0.5, 0.6) is 0 Å². The summed E-state index contributed by atoms with van der Waals surface area (Å²) in [6.45, 7) is 12.9. The smallest absolute Gasteiger partial charge is 0.190 e. The van der Waals surface area contributed by atoms with Crippen LogP contribution in [0.25, 0.3) is 0 Å². The minimum Gasteiger partial charge on any atom is -0.495 e. The molecule has 0 atom stereocenters. The standard InChI is InChI=1S/3C9H17NO2.Fe/c3*1-4-5-6-10(3)9(12)7-8(2)11;/h3*7,12H,4-6H2,1-3H3;. The Bertz CT molecular complexity index is 628. The quantitative estimate of drug-likeness (QED) is 0.140. The monoisotopic (exact) mass is 569 g/mol. The molecule has 218 valence electrons. The maximum atomic E-state index is 10.6.